The van der Waals surface area contributed by atoms with Crippen LogP contribution in [-0.4, -0.2) is 37.3 Å². The van der Waals surface area contributed by atoms with Crippen molar-refractivity contribution in [1.82, 2.24) is 4.90 Å². The summed E-state index contributed by atoms with van der Waals surface area (Å²) in [6, 6.07) is 9.79. The van der Waals surface area contributed by atoms with Crippen molar-refractivity contribution in [1.29, 1.82) is 0 Å². The van der Waals surface area contributed by atoms with Crippen molar-refractivity contribution in [2.75, 3.05) is 6.54 Å². The van der Waals surface area contributed by atoms with Gasteiger partial charge in [0.05, 0.1) is 0 Å². The number of carbonyl (C=O) groups is 1. The fourth-order valence-corrected chi connectivity index (χ4v) is 5.07. The van der Waals surface area contributed by atoms with Gasteiger partial charge in [-0.25, -0.2) is 0 Å². The molecule has 1 amide bonds. The van der Waals surface area contributed by atoms with Crippen molar-refractivity contribution in [3.8, 4) is 5.75 Å². The molecule has 0 spiro atoms. The van der Waals surface area contributed by atoms with Crippen LogP contribution in [0.1, 0.15) is 44.1 Å². The zero-order chi connectivity index (χ0) is 22.2. The third-order valence-electron chi connectivity index (χ3n) is 6.21. The molecule has 0 bridgehead atoms. The van der Waals surface area contributed by atoms with Crippen LogP contribution in [0.4, 0.5) is 13.2 Å². The fourth-order valence-electron chi connectivity index (χ4n) is 4.62. The second kappa shape index (κ2) is 8.33. The molecule has 1 aliphatic carbocycles. The summed E-state index contributed by atoms with van der Waals surface area (Å²) in [6.45, 7) is 0.773. The summed E-state index contributed by atoms with van der Waals surface area (Å²) in [5.74, 6) is -0.327. The second-order valence-electron chi connectivity index (χ2n) is 8.34. The lowest BCUT2D eigenvalue weighted by Crippen LogP contribution is -2.39. The van der Waals surface area contributed by atoms with Gasteiger partial charge in [0.25, 0.3) is 0 Å². The Morgan fingerprint density at radius 2 is 1.68 bits per heavy atom. The van der Waals surface area contributed by atoms with E-state index in [1.807, 2.05) is 17.0 Å². The molecule has 0 aromatic heterocycles. The first-order valence-electron chi connectivity index (χ1n) is 10.5. The highest BCUT2D eigenvalue weighted by Crippen LogP contribution is 2.32. The lowest BCUT2D eigenvalue weighted by molar-refractivity contribution is -0.133. The molecule has 9 heteroatoms. The van der Waals surface area contributed by atoms with E-state index >= 15 is 0 Å². The Morgan fingerprint density at radius 1 is 0.968 bits per heavy atom. The summed E-state index contributed by atoms with van der Waals surface area (Å²) in [4.78, 5) is 14.9. The summed E-state index contributed by atoms with van der Waals surface area (Å²) in [5, 5.41) is 1.30. The van der Waals surface area contributed by atoms with Gasteiger partial charge in [0.2, 0.25) is 5.91 Å². The van der Waals surface area contributed by atoms with Crippen LogP contribution in [0.5, 0.6) is 5.75 Å². The molecule has 1 aliphatic heterocycles. The third kappa shape index (κ3) is 4.66. The first-order valence-corrected chi connectivity index (χ1v) is 11.9. The van der Waals surface area contributed by atoms with Crippen molar-refractivity contribution in [2.45, 2.75) is 56.5 Å². The van der Waals surface area contributed by atoms with Crippen LogP contribution >= 0.6 is 0 Å². The number of fused-ring (bicyclic) bond motifs is 1. The number of hydrogen-bond acceptors (Lipinski definition) is 4. The summed E-state index contributed by atoms with van der Waals surface area (Å²) >= 11 is 0. The second-order valence-corrected chi connectivity index (χ2v) is 9.88. The van der Waals surface area contributed by atoms with Gasteiger partial charge in [-0.15, -0.1) is 0 Å². The third-order valence-corrected chi connectivity index (χ3v) is 7.19. The van der Waals surface area contributed by atoms with Gasteiger partial charge in [0, 0.05) is 18.5 Å². The van der Waals surface area contributed by atoms with E-state index in [1.54, 1.807) is 6.07 Å². The van der Waals surface area contributed by atoms with Crippen LogP contribution in [0.2, 0.25) is 0 Å². The molecule has 1 saturated heterocycles. The molecule has 2 aliphatic rings. The smallest absolute Gasteiger partial charge is 0.376 e. The maximum atomic E-state index is 12.9. The Morgan fingerprint density at radius 3 is 2.39 bits per heavy atom. The van der Waals surface area contributed by atoms with Crippen LogP contribution in [0, 0.1) is 5.92 Å². The quantitative estimate of drug-likeness (QED) is 0.480. The average molecular weight is 455 g/mol. The number of benzene rings is 2. The van der Waals surface area contributed by atoms with Gasteiger partial charge in [-0.1, -0.05) is 43.5 Å². The molecule has 1 heterocycles. The number of rotatable bonds is 5. The molecule has 1 saturated carbocycles. The van der Waals surface area contributed by atoms with Crippen molar-refractivity contribution in [2.24, 2.45) is 5.92 Å². The number of carbonyl (C=O) groups excluding carboxylic acids is 1. The largest absolute Gasteiger partial charge is 0.534 e. The molecule has 2 aromatic carbocycles. The minimum atomic E-state index is -5.72. The van der Waals surface area contributed by atoms with Gasteiger partial charge in [-0.2, -0.15) is 21.6 Å². The molecule has 0 radical (unpaired) electrons. The summed E-state index contributed by atoms with van der Waals surface area (Å²) in [7, 11) is -5.72. The van der Waals surface area contributed by atoms with Gasteiger partial charge in [0.1, 0.15) is 5.75 Å². The zero-order valence-electron chi connectivity index (χ0n) is 16.9. The van der Waals surface area contributed by atoms with Gasteiger partial charge in [-0.3, -0.25) is 4.79 Å². The molecule has 1 unspecified atom stereocenters. The first-order chi connectivity index (χ1) is 14.6. The van der Waals surface area contributed by atoms with E-state index in [0.29, 0.717) is 17.8 Å². The minimum Gasteiger partial charge on any atom is -0.376 e. The number of nitrogens with zero attached hydrogens (tertiary/aromatic N) is 1. The van der Waals surface area contributed by atoms with Gasteiger partial charge >= 0.3 is 15.6 Å². The summed E-state index contributed by atoms with van der Waals surface area (Å²) in [6.07, 6.45) is 7.03. The molecule has 0 N–H and O–H groups in total. The monoisotopic (exact) mass is 455 g/mol. The SMILES string of the molecule is O=C1C(Cc2ccc3ccc(OS(=O)(=O)C(F)(F)F)cc3c2)CCN1C1CCCCC1. The highest BCUT2D eigenvalue weighted by atomic mass is 32.2. The Balaban J connectivity index is 1.49. The van der Waals surface area contributed by atoms with Gasteiger partial charge < -0.3 is 9.08 Å². The van der Waals surface area contributed by atoms with Crippen molar-refractivity contribution >= 4 is 26.8 Å². The number of hydrogen-bond donors (Lipinski definition) is 0. The predicted molar refractivity (Wildman–Crippen MR) is 110 cm³/mol. The highest BCUT2D eigenvalue weighted by Gasteiger charge is 2.48. The van der Waals surface area contributed by atoms with E-state index in [2.05, 4.69) is 4.18 Å². The van der Waals surface area contributed by atoms with E-state index < -0.39 is 21.4 Å². The van der Waals surface area contributed by atoms with Crippen LogP contribution in [0.15, 0.2) is 36.4 Å². The molecule has 2 fully saturated rings. The van der Waals surface area contributed by atoms with Crippen LogP contribution in [0.3, 0.4) is 0 Å². The molecular weight excluding hydrogens is 431 g/mol. The minimum absolute atomic E-state index is 0.107. The summed E-state index contributed by atoms with van der Waals surface area (Å²) < 4.78 is 64.5. The molecular formula is C22H24F3NO4S. The molecule has 5 nitrogen and oxygen atoms in total. The maximum absolute atomic E-state index is 12.9. The van der Waals surface area contributed by atoms with Crippen molar-refractivity contribution < 1.29 is 30.6 Å². The molecule has 4 rings (SSSR count). The Labute approximate surface area is 179 Å². The van der Waals surface area contributed by atoms with E-state index in [1.165, 1.54) is 24.6 Å². The topological polar surface area (TPSA) is 63.7 Å². The predicted octanol–water partition coefficient (Wildman–Crippen LogP) is 4.79. The number of alkyl halides is 3. The zero-order valence-corrected chi connectivity index (χ0v) is 17.7. The number of likely N-dealkylation sites (tertiary alicyclic amines) is 1. The van der Waals surface area contributed by atoms with Crippen molar-refractivity contribution in [3.63, 3.8) is 0 Å². The van der Waals surface area contributed by atoms with Gasteiger partial charge in [0.15, 0.2) is 0 Å². The lowest BCUT2D eigenvalue weighted by Gasteiger charge is -2.31. The first kappa shape index (κ1) is 21.9. The van der Waals surface area contributed by atoms with Crippen molar-refractivity contribution in [3.05, 3.63) is 42.0 Å². The fraction of sp³-hybridized carbons (Fsp3) is 0.500. The number of amides is 1. The van der Waals surface area contributed by atoms with Crippen LogP contribution in [0.25, 0.3) is 10.8 Å². The van der Waals surface area contributed by atoms with Crippen LogP contribution in [-0.2, 0) is 21.3 Å². The standard InChI is InChI=1S/C22H24F3NO4S/c23-22(24,25)31(28,29)30-20-9-8-16-7-6-15(13-18(16)14-20)12-17-10-11-26(21(17)27)19-4-2-1-3-5-19/h6-9,13-14,17,19H,1-5,10-12H2. The normalized spacial score (nSPS) is 21.1. The van der Waals surface area contributed by atoms with Crippen LogP contribution < -0.4 is 4.18 Å². The van der Waals surface area contributed by atoms with E-state index in [-0.39, 0.29) is 11.8 Å². The van der Waals surface area contributed by atoms with E-state index in [0.717, 1.165) is 49.6 Å². The highest BCUT2D eigenvalue weighted by molar-refractivity contribution is 7.88. The number of halogens is 3. The Hall–Kier alpha value is -2.29. The molecule has 2 aromatic rings. The summed E-state index contributed by atoms with van der Waals surface area (Å²) in [5.41, 5.74) is -4.61. The maximum Gasteiger partial charge on any atom is 0.534 e. The van der Waals surface area contributed by atoms with E-state index in [4.69, 9.17) is 0 Å². The van der Waals surface area contributed by atoms with Gasteiger partial charge in [-0.05, 0) is 54.2 Å². The molecule has 31 heavy (non-hydrogen) atoms. The van der Waals surface area contributed by atoms with E-state index in [9.17, 15) is 26.4 Å². The molecule has 1 atom stereocenters. The lowest BCUT2D eigenvalue weighted by atomic mass is 9.93. The average Bonchev–Trinajstić information content (AvgIpc) is 3.07. The Kier molecular flexibility index (Phi) is 5.89. The Bertz CT molecular complexity index is 1080. The molecule has 168 valence electrons.